The SMILES string of the molecule is COc1cc(NC(C)C(=O)O)ccc1[N+](=O)[O-]. The topological polar surface area (TPSA) is 102 Å². The lowest BCUT2D eigenvalue weighted by Gasteiger charge is -2.11. The number of aliphatic carboxylic acids is 1. The number of nitro groups is 1. The molecule has 0 amide bonds. The zero-order valence-corrected chi connectivity index (χ0v) is 9.34. The Bertz CT molecular complexity index is 446. The maximum Gasteiger partial charge on any atom is 0.325 e. The van der Waals surface area contributed by atoms with E-state index in [4.69, 9.17) is 9.84 Å². The minimum atomic E-state index is -1.01. The van der Waals surface area contributed by atoms with E-state index in [1.54, 1.807) is 0 Å². The number of rotatable bonds is 5. The van der Waals surface area contributed by atoms with Crippen molar-refractivity contribution in [2.24, 2.45) is 0 Å². The molecule has 17 heavy (non-hydrogen) atoms. The van der Waals surface area contributed by atoms with Crippen LogP contribution in [0.3, 0.4) is 0 Å². The number of methoxy groups -OCH3 is 1. The zero-order chi connectivity index (χ0) is 13.0. The Morgan fingerprint density at radius 2 is 2.24 bits per heavy atom. The van der Waals surface area contributed by atoms with Crippen LogP contribution in [0.1, 0.15) is 6.92 Å². The second-order valence-electron chi connectivity index (χ2n) is 3.35. The van der Waals surface area contributed by atoms with Gasteiger partial charge < -0.3 is 15.2 Å². The Labute approximate surface area is 97.2 Å². The van der Waals surface area contributed by atoms with Crippen molar-refractivity contribution in [3.63, 3.8) is 0 Å². The molecule has 0 aliphatic carbocycles. The van der Waals surface area contributed by atoms with Crippen LogP contribution in [0.5, 0.6) is 5.75 Å². The Morgan fingerprint density at radius 3 is 2.71 bits per heavy atom. The molecule has 1 rings (SSSR count). The lowest BCUT2D eigenvalue weighted by Crippen LogP contribution is -2.25. The summed E-state index contributed by atoms with van der Waals surface area (Å²) in [5, 5.41) is 22.0. The van der Waals surface area contributed by atoms with Crippen molar-refractivity contribution in [2.45, 2.75) is 13.0 Å². The van der Waals surface area contributed by atoms with Crippen LogP contribution in [-0.4, -0.2) is 29.2 Å². The van der Waals surface area contributed by atoms with Gasteiger partial charge in [-0.05, 0) is 13.0 Å². The minimum Gasteiger partial charge on any atom is -0.490 e. The van der Waals surface area contributed by atoms with Gasteiger partial charge in [0.05, 0.1) is 12.0 Å². The second kappa shape index (κ2) is 5.15. The van der Waals surface area contributed by atoms with Crippen molar-refractivity contribution < 1.29 is 19.6 Å². The molecule has 0 aliphatic rings. The molecule has 1 unspecified atom stereocenters. The van der Waals surface area contributed by atoms with Crippen LogP contribution in [0.25, 0.3) is 0 Å². The number of hydrogen-bond acceptors (Lipinski definition) is 5. The standard InChI is InChI=1S/C10H12N2O5/c1-6(10(13)14)11-7-3-4-8(12(15)16)9(5-7)17-2/h3-6,11H,1-2H3,(H,13,14). The lowest BCUT2D eigenvalue weighted by atomic mass is 10.2. The van der Waals surface area contributed by atoms with E-state index in [9.17, 15) is 14.9 Å². The molecule has 0 aromatic heterocycles. The van der Waals surface area contributed by atoms with Gasteiger partial charge in [-0.2, -0.15) is 0 Å². The number of nitrogens with zero attached hydrogens (tertiary/aromatic N) is 1. The molecule has 1 aromatic rings. The lowest BCUT2D eigenvalue weighted by molar-refractivity contribution is -0.385. The first-order valence-electron chi connectivity index (χ1n) is 4.77. The molecule has 1 atom stereocenters. The van der Waals surface area contributed by atoms with Crippen LogP contribution in [0.4, 0.5) is 11.4 Å². The molecule has 0 saturated carbocycles. The van der Waals surface area contributed by atoms with E-state index < -0.39 is 16.9 Å². The summed E-state index contributed by atoms with van der Waals surface area (Å²) < 4.78 is 4.86. The maximum atomic E-state index is 10.6. The highest BCUT2D eigenvalue weighted by molar-refractivity contribution is 5.77. The molecule has 0 spiro atoms. The summed E-state index contributed by atoms with van der Waals surface area (Å²) in [5.74, 6) is -0.931. The molecule has 0 fully saturated rings. The smallest absolute Gasteiger partial charge is 0.325 e. The second-order valence-corrected chi connectivity index (χ2v) is 3.35. The van der Waals surface area contributed by atoms with Gasteiger partial charge >= 0.3 is 11.7 Å². The summed E-state index contributed by atoms with van der Waals surface area (Å²) in [6, 6.07) is 3.29. The number of anilines is 1. The van der Waals surface area contributed by atoms with Gasteiger partial charge in [0.1, 0.15) is 6.04 Å². The first kappa shape index (κ1) is 12.8. The third-order valence-electron chi connectivity index (χ3n) is 2.13. The highest BCUT2D eigenvalue weighted by atomic mass is 16.6. The van der Waals surface area contributed by atoms with E-state index >= 15 is 0 Å². The van der Waals surface area contributed by atoms with Crippen molar-refractivity contribution >= 4 is 17.3 Å². The van der Waals surface area contributed by atoms with E-state index in [1.807, 2.05) is 0 Å². The largest absolute Gasteiger partial charge is 0.490 e. The third kappa shape index (κ3) is 3.07. The molecule has 0 heterocycles. The average Bonchev–Trinajstić information content (AvgIpc) is 2.28. The molecule has 1 aromatic carbocycles. The van der Waals surface area contributed by atoms with E-state index in [0.717, 1.165) is 0 Å². The number of hydrogen-bond donors (Lipinski definition) is 2. The number of ether oxygens (including phenoxy) is 1. The van der Waals surface area contributed by atoms with E-state index in [1.165, 1.54) is 32.2 Å². The Kier molecular flexibility index (Phi) is 3.86. The summed E-state index contributed by atoms with van der Waals surface area (Å²) in [6.45, 7) is 1.47. The van der Waals surface area contributed by atoms with Gasteiger partial charge in [0.25, 0.3) is 0 Å². The number of carboxylic acid groups (broad SMARTS) is 1. The first-order chi connectivity index (χ1) is 7.95. The molecule has 0 aliphatic heterocycles. The van der Waals surface area contributed by atoms with E-state index in [2.05, 4.69) is 5.32 Å². The fraction of sp³-hybridized carbons (Fsp3) is 0.300. The van der Waals surface area contributed by atoms with Gasteiger partial charge in [-0.3, -0.25) is 14.9 Å². The number of carbonyl (C=O) groups is 1. The molecule has 2 N–H and O–H groups in total. The molecule has 7 heteroatoms. The van der Waals surface area contributed by atoms with Crippen LogP contribution < -0.4 is 10.1 Å². The fourth-order valence-corrected chi connectivity index (χ4v) is 1.23. The Balaban J connectivity index is 2.97. The number of nitrogens with one attached hydrogen (secondary N) is 1. The molecule has 0 saturated heterocycles. The van der Waals surface area contributed by atoms with Gasteiger partial charge in [0.2, 0.25) is 0 Å². The van der Waals surface area contributed by atoms with Crippen molar-refractivity contribution in [2.75, 3.05) is 12.4 Å². The Hall–Kier alpha value is -2.31. The normalized spacial score (nSPS) is 11.6. The van der Waals surface area contributed by atoms with Crippen LogP contribution in [0.15, 0.2) is 18.2 Å². The average molecular weight is 240 g/mol. The third-order valence-corrected chi connectivity index (χ3v) is 2.13. The molecule has 0 radical (unpaired) electrons. The molecule has 7 nitrogen and oxygen atoms in total. The van der Waals surface area contributed by atoms with Gasteiger partial charge in [-0.25, -0.2) is 0 Å². The van der Waals surface area contributed by atoms with Crippen molar-refractivity contribution in [1.29, 1.82) is 0 Å². The summed E-state index contributed by atoms with van der Waals surface area (Å²) in [5.41, 5.74) is 0.281. The molecular formula is C10H12N2O5. The quantitative estimate of drug-likeness (QED) is 0.597. The number of carboxylic acids is 1. The summed E-state index contributed by atoms with van der Waals surface area (Å²) in [7, 11) is 1.31. The van der Waals surface area contributed by atoms with Crippen LogP contribution in [0.2, 0.25) is 0 Å². The minimum absolute atomic E-state index is 0.0811. The van der Waals surface area contributed by atoms with Crippen molar-refractivity contribution in [3.8, 4) is 5.75 Å². The fourth-order valence-electron chi connectivity index (χ4n) is 1.23. The Morgan fingerprint density at radius 1 is 1.59 bits per heavy atom. The van der Waals surface area contributed by atoms with Gasteiger partial charge in [-0.1, -0.05) is 0 Å². The van der Waals surface area contributed by atoms with Gasteiger partial charge in [-0.15, -0.1) is 0 Å². The maximum absolute atomic E-state index is 10.6. The molecular weight excluding hydrogens is 228 g/mol. The van der Waals surface area contributed by atoms with Crippen molar-refractivity contribution in [1.82, 2.24) is 0 Å². The van der Waals surface area contributed by atoms with E-state index in [0.29, 0.717) is 5.69 Å². The highest BCUT2D eigenvalue weighted by Gasteiger charge is 2.16. The predicted molar refractivity (Wildman–Crippen MR) is 60.4 cm³/mol. The predicted octanol–water partition coefficient (Wildman–Crippen LogP) is 1.49. The number of nitro benzene ring substituents is 1. The summed E-state index contributed by atoms with van der Waals surface area (Å²) in [4.78, 5) is 20.7. The molecule has 92 valence electrons. The first-order valence-corrected chi connectivity index (χ1v) is 4.77. The number of benzene rings is 1. The van der Waals surface area contributed by atoms with Crippen LogP contribution in [-0.2, 0) is 4.79 Å². The summed E-state index contributed by atoms with van der Waals surface area (Å²) in [6.07, 6.45) is 0. The van der Waals surface area contributed by atoms with Crippen molar-refractivity contribution in [3.05, 3.63) is 28.3 Å². The van der Waals surface area contributed by atoms with Gasteiger partial charge in [0, 0.05) is 17.8 Å². The monoisotopic (exact) mass is 240 g/mol. The van der Waals surface area contributed by atoms with Crippen LogP contribution >= 0.6 is 0 Å². The molecule has 0 bridgehead atoms. The van der Waals surface area contributed by atoms with E-state index in [-0.39, 0.29) is 11.4 Å². The summed E-state index contributed by atoms with van der Waals surface area (Å²) >= 11 is 0. The highest BCUT2D eigenvalue weighted by Crippen LogP contribution is 2.29. The van der Waals surface area contributed by atoms with Crippen LogP contribution in [0, 0.1) is 10.1 Å². The zero-order valence-electron chi connectivity index (χ0n) is 9.34. The van der Waals surface area contributed by atoms with Gasteiger partial charge in [0.15, 0.2) is 5.75 Å².